The fraction of sp³-hybridized carbons (Fsp3) is 0.250. The second-order valence-electron chi connectivity index (χ2n) is 4.84. The zero-order chi connectivity index (χ0) is 15.9. The molecule has 2 aromatic rings. The van der Waals surface area contributed by atoms with Crippen LogP contribution in [-0.4, -0.2) is 11.8 Å². The van der Waals surface area contributed by atoms with Crippen molar-refractivity contribution in [3.05, 3.63) is 58.0 Å². The lowest BCUT2D eigenvalue weighted by atomic mass is 10.1. The van der Waals surface area contributed by atoms with Crippen LogP contribution in [0.4, 0.5) is 4.39 Å². The van der Waals surface area contributed by atoms with Crippen molar-refractivity contribution < 1.29 is 14.0 Å². The molecule has 0 aliphatic rings. The summed E-state index contributed by atoms with van der Waals surface area (Å²) in [6.07, 6.45) is 0.120. The maximum Gasteiger partial charge on any atom is 0.222 e. The number of benzene rings is 1. The summed E-state index contributed by atoms with van der Waals surface area (Å²) in [4.78, 5) is 24.2. The molecule has 0 radical (unpaired) electrons. The highest BCUT2D eigenvalue weighted by Gasteiger charge is 2.18. The quantitative estimate of drug-likeness (QED) is 0.860. The van der Waals surface area contributed by atoms with E-state index in [1.54, 1.807) is 18.2 Å². The summed E-state index contributed by atoms with van der Waals surface area (Å²) < 4.78 is 13.5. The minimum Gasteiger partial charge on any atom is -0.352 e. The summed E-state index contributed by atoms with van der Waals surface area (Å²) in [5.74, 6) is -0.782. The molecule has 22 heavy (non-hydrogen) atoms. The molecule has 116 valence electrons. The van der Waals surface area contributed by atoms with Gasteiger partial charge in [0.25, 0.3) is 0 Å². The zero-order valence-electron chi connectivity index (χ0n) is 12.1. The Balaban J connectivity index is 1.94. The van der Waals surface area contributed by atoms with Gasteiger partial charge in [0, 0.05) is 23.9 Å². The van der Waals surface area contributed by atoms with Gasteiger partial charge in [-0.25, -0.2) is 4.39 Å². The molecule has 0 bridgehead atoms. The van der Waals surface area contributed by atoms with Gasteiger partial charge in [0.2, 0.25) is 11.8 Å². The van der Waals surface area contributed by atoms with Crippen molar-refractivity contribution in [1.29, 1.82) is 0 Å². The summed E-state index contributed by atoms with van der Waals surface area (Å²) in [6, 6.07) is 9.67. The molecule has 2 rings (SSSR count). The monoisotopic (exact) mass is 320 g/mol. The molecule has 1 heterocycles. The predicted octanol–water partition coefficient (Wildman–Crippen LogP) is 2.77. The number of hydrogen-bond acceptors (Lipinski definition) is 3. The zero-order valence-corrected chi connectivity index (χ0v) is 13.0. The van der Waals surface area contributed by atoms with Crippen LogP contribution in [0.2, 0.25) is 0 Å². The molecule has 0 saturated heterocycles. The molecule has 0 aliphatic carbocycles. The molecular weight excluding hydrogens is 303 g/mol. The number of thiophene rings is 1. The van der Waals surface area contributed by atoms with Crippen LogP contribution < -0.4 is 10.6 Å². The first-order chi connectivity index (χ1) is 10.6. The lowest BCUT2D eigenvalue weighted by molar-refractivity contribution is -0.122. The first-order valence-electron chi connectivity index (χ1n) is 6.87. The van der Waals surface area contributed by atoms with Crippen molar-refractivity contribution in [3.8, 4) is 0 Å². The van der Waals surface area contributed by atoms with E-state index in [0.717, 1.165) is 4.88 Å². The highest BCUT2D eigenvalue weighted by molar-refractivity contribution is 7.10. The van der Waals surface area contributed by atoms with Crippen molar-refractivity contribution in [1.82, 2.24) is 10.6 Å². The standard InChI is InChI=1S/C16H17FN2O2S/c1-11(20)19-14(15-7-4-8-22-15)9-16(21)18-10-12-5-2-3-6-13(12)17/h2-8,14H,9-10H2,1H3,(H,18,21)(H,19,20). The first kappa shape index (κ1) is 16.2. The van der Waals surface area contributed by atoms with E-state index in [4.69, 9.17) is 0 Å². The predicted molar refractivity (Wildman–Crippen MR) is 83.7 cm³/mol. The number of carbonyl (C=O) groups excluding carboxylic acids is 2. The lowest BCUT2D eigenvalue weighted by Gasteiger charge is -2.16. The SMILES string of the molecule is CC(=O)NC(CC(=O)NCc1ccccc1F)c1cccs1. The number of amides is 2. The van der Waals surface area contributed by atoms with Gasteiger partial charge < -0.3 is 10.6 Å². The van der Waals surface area contributed by atoms with Crippen molar-refractivity contribution in [3.63, 3.8) is 0 Å². The summed E-state index contributed by atoms with van der Waals surface area (Å²) in [5.41, 5.74) is 0.433. The van der Waals surface area contributed by atoms with Crippen LogP contribution in [0.5, 0.6) is 0 Å². The van der Waals surface area contributed by atoms with Gasteiger partial charge in [0.15, 0.2) is 0 Å². The van der Waals surface area contributed by atoms with E-state index < -0.39 is 0 Å². The van der Waals surface area contributed by atoms with Gasteiger partial charge in [-0.2, -0.15) is 0 Å². The molecule has 0 saturated carbocycles. The normalized spacial score (nSPS) is 11.7. The van der Waals surface area contributed by atoms with E-state index in [2.05, 4.69) is 10.6 Å². The topological polar surface area (TPSA) is 58.2 Å². The molecule has 1 aromatic heterocycles. The van der Waals surface area contributed by atoms with E-state index in [9.17, 15) is 14.0 Å². The summed E-state index contributed by atoms with van der Waals surface area (Å²) in [6.45, 7) is 1.54. The molecule has 1 atom stereocenters. The second kappa shape index (κ2) is 7.70. The van der Waals surface area contributed by atoms with E-state index in [1.165, 1.54) is 24.3 Å². The van der Waals surface area contributed by atoms with Crippen LogP contribution in [0.1, 0.15) is 29.8 Å². The first-order valence-corrected chi connectivity index (χ1v) is 7.75. The smallest absolute Gasteiger partial charge is 0.222 e. The summed E-state index contributed by atoms with van der Waals surface area (Å²) in [5, 5.41) is 7.33. The van der Waals surface area contributed by atoms with Crippen LogP contribution in [0, 0.1) is 5.82 Å². The van der Waals surface area contributed by atoms with Gasteiger partial charge in [-0.1, -0.05) is 24.3 Å². The van der Waals surface area contributed by atoms with Gasteiger partial charge in [-0.3, -0.25) is 9.59 Å². The van der Waals surface area contributed by atoms with Crippen LogP contribution in [-0.2, 0) is 16.1 Å². The van der Waals surface area contributed by atoms with Crippen LogP contribution in [0.25, 0.3) is 0 Å². The Kier molecular flexibility index (Phi) is 5.66. The third kappa shape index (κ3) is 4.66. The van der Waals surface area contributed by atoms with Crippen molar-refractivity contribution in [2.24, 2.45) is 0 Å². The van der Waals surface area contributed by atoms with E-state index in [0.29, 0.717) is 5.56 Å². The largest absolute Gasteiger partial charge is 0.352 e. The van der Waals surface area contributed by atoms with Gasteiger partial charge >= 0.3 is 0 Å². The van der Waals surface area contributed by atoms with E-state index in [-0.39, 0.29) is 36.6 Å². The molecule has 6 heteroatoms. The Labute approximate surface area is 132 Å². The Morgan fingerprint density at radius 1 is 1.23 bits per heavy atom. The fourth-order valence-electron chi connectivity index (χ4n) is 2.05. The maximum absolute atomic E-state index is 13.5. The fourth-order valence-corrected chi connectivity index (χ4v) is 2.83. The number of halogens is 1. The highest BCUT2D eigenvalue weighted by Crippen LogP contribution is 2.22. The van der Waals surface area contributed by atoms with Gasteiger partial charge in [-0.05, 0) is 17.5 Å². The van der Waals surface area contributed by atoms with Gasteiger partial charge in [-0.15, -0.1) is 11.3 Å². The number of rotatable bonds is 6. The van der Waals surface area contributed by atoms with Crippen molar-refractivity contribution in [2.45, 2.75) is 25.9 Å². The molecule has 2 amide bonds. The van der Waals surface area contributed by atoms with E-state index >= 15 is 0 Å². The van der Waals surface area contributed by atoms with Crippen LogP contribution in [0.3, 0.4) is 0 Å². The molecule has 1 aromatic carbocycles. The van der Waals surface area contributed by atoms with Gasteiger partial charge in [0.1, 0.15) is 5.82 Å². The second-order valence-corrected chi connectivity index (χ2v) is 5.82. The summed E-state index contributed by atoms with van der Waals surface area (Å²) in [7, 11) is 0. The van der Waals surface area contributed by atoms with Crippen molar-refractivity contribution in [2.75, 3.05) is 0 Å². The molecule has 0 aliphatic heterocycles. The third-order valence-electron chi connectivity index (χ3n) is 3.09. The average Bonchev–Trinajstić information content (AvgIpc) is 2.99. The molecular formula is C16H17FN2O2S. The molecule has 2 N–H and O–H groups in total. The Hall–Kier alpha value is -2.21. The average molecular weight is 320 g/mol. The number of nitrogens with one attached hydrogen (secondary N) is 2. The minimum absolute atomic E-state index is 0.120. The molecule has 4 nitrogen and oxygen atoms in total. The number of hydrogen-bond donors (Lipinski definition) is 2. The summed E-state index contributed by atoms with van der Waals surface area (Å²) >= 11 is 1.48. The highest BCUT2D eigenvalue weighted by atomic mass is 32.1. The molecule has 0 spiro atoms. The Morgan fingerprint density at radius 2 is 2.00 bits per heavy atom. The van der Waals surface area contributed by atoms with Gasteiger partial charge in [0.05, 0.1) is 12.5 Å². The van der Waals surface area contributed by atoms with E-state index in [1.807, 2.05) is 17.5 Å². The minimum atomic E-state index is -0.363. The Bertz CT molecular complexity index is 643. The van der Waals surface area contributed by atoms with Crippen LogP contribution in [0.15, 0.2) is 41.8 Å². The molecule has 0 fully saturated rings. The van der Waals surface area contributed by atoms with Crippen molar-refractivity contribution >= 4 is 23.2 Å². The number of carbonyl (C=O) groups is 2. The lowest BCUT2D eigenvalue weighted by Crippen LogP contribution is -2.32. The maximum atomic E-state index is 13.5. The third-order valence-corrected chi connectivity index (χ3v) is 4.07. The Morgan fingerprint density at radius 3 is 2.64 bits per heavy atom. The van der Waals surface area contributed by atoms with Crippen LogP contribution >= 0.6 is 11.3 Å². The molecule has 1 unspecified atom stereocenters.